The van der Waals surface area contributed by atoms with E-state index in [1.807, 2.05) is 31.2 Å². The summed E-state index contributed by atoms with van der Waals surface area (Å²) in [5, 5.41) is 12.3. The summed E-state index contributed by atoms with van der Waals surface area (Å²) in [5.74, 6) is 0.791. The summed E-state index contributed by atoms with van der Waals surface area (Å²) < 4.78 is 27.6. The van der Waals surface area contributed by atoms with Gasteiger partial charge in [-0.05, 0) is 81.2 Å². The smallest absolute Gasteiger partial charge is 0.148 e. The minimum absolute atomic E-state index is 0. The molecule has 0 fully saturated rings. The number of hydrogen-bond acceptors (Lipinski definition) is 3. The molecule has 0 radical (unpaired) electrons. The molecule has 4 aromatic carbocycles. The molecular weight excluding hydrogens is 854 g/mol. The van der Waals surface area contributed by atoms with Crippen LogP contribution in [-0.4, -0.2) is 19.6 Å². The minimum atomic E-state index is -2.39. The molecule has 290 valence electrons. The Bertz CT molecular complexity index is 2500. The zero-order chi connectivity index (χ0) is 42.2. The Balaban J connectivity index is 0.00000641. The molecule has 2 aromatic heterocycles. The third-order valence-electron chi connectivity index (χ3n) is 10.3. The number of benzene rings is 4. The third-order valence-corrected chi connectivity index (χ3v) is 10.3. The number of hydrogen-bond donors (Lipinski definition) is 1. The van der Waals surface area contributed by atoms with Crippen molar-refractivity contribution in [2.24, 2.45) is 0 Å². The van der Waals surface area contributed by atoms with Gasteiger partial charge in [-0.25, -0.2) is 4.98 Å². The normalized spacial score (nSPS) is 13.6. The number of aromatic hydroxyl groups is 1. The first-order valence-corrected chi connectivity index (χ1v) is 18.9. The third kappa shape index (κ3) is 8.46. The average molecular weight is 915 g/mol. The maximum atomic E-state index is 12.3. The molecule has 55 heavy (non-hydrogen) atoms. The van der Waals surface area contributed by atoms with Gasteiger partial charge in [-0.3, -0.25) is 9.55 Å². The van der Waals surface area contributed by atoms with Crippen LogP contribution in [0.1, 0.15) is 128 Å². The van der Waals surface area contributed by atoms with Gasteiger partial charge in [0.1, 0.15) is 11.6 Å². The maximum absolute atomic E-state index is 12.3. The van der Waals surface area contributed by atoms with Crippen LogP contribution in [-0.2, 0) is 42.7 Å². The monoisotopic (exact) mass is 914 g/mol. The summed E-state index contributed by atoms with van der Waals surface area (Å²) in [6.45, 7) is 29.9. The summed E-state index contributed by atoms with van der Waals surface area (Å²) >= 11 is 0. The van der Waals surface area contributed by atoms with Gasteiger partial charge >= 0.3 is 0 Å². The Morgan fingerprint density at radius 1 is 0.727 bits per heavy atom. The molecule has 0 amide bonds. The van der Waals surface area contributed by atoms with Gasteiger partial charge in [-0.1, -0.05) is 144 Å². The largest absolute Gasteiger partial charge is 0.507 e. The summed E-state index contributed by atoms with van der Waals surface area (Å²) in [6, 6.07) is 27.7. The average Bonchev–Trinajstić information content (AvgIpc) is 3.49. The van der Waals surface area contributed by atoms with Gasteiger partial charge in [0.15, 0.2) is 0 Å². The second kappa shape index (κ2) is 14.7. The van der Waals surface area contributed by atoms with Gasteiger partial charge < -0.3 is 5.11 Å². The summed E-state index contributed by atoms with van der Waals surface area (Å²) in [6.07, 6.45) is 1.71. The number of phenols is 1. The molecule has 2 heterocycles. The van der Waals surface area contributed by atoms with Crippen molar-refractivity contribution in [1.29, 1.82) is 0 Å². The number of nitrogens with zero attached hydrogens (tertiary/aromatic N) is 3. The van der Waals surface area contributed by atoms with Gasteiger partial charge in [-0.2, -0.15) is 0 Å². The van der Waals surface area contributed by atoms with Crippen LogP contribution in [0.15, 0.2) is 85.6 Å². The van der Waals surface area contributed by atoms with E-state index in [0.717, 1.165) is 39.0 Å². The molecular formula is C50H58N3OPt-. The first-order valence-electron chi connectivity index (χ1n) is 20.4. The number of aromatic nitrogens is 3. The quantitative estimate of drug-likeness (QED) is 0.175. The van der Waals surface area contributed by atoms with Crippen LogP contribution in [0.25, 0.3) is 56.1 Å². The first kappa shape index (κ1) is 37.6. The van der Waals surface area contributed by atoms with Crippen LogP contribution in [0, 0.1) is 12.9 Å². The first-order chi connectivity index (χ1) is 26.1. The van der Waals surface area contributed by atoms with E-state index in [1.165, 1.54) is 11.1 Å². The van der Waals surface area contributed by atoms with Crippen molar-refractivity contribution < 1.29 is 30.3 Å². The molecule has 0 saturated carbocycles. The van der Waals surface area contributed by atoms with Crippen LogP contribution in [0.5, 0.6) is 5.75 Å². The van der Waals surface area contributed by atoms with Crippen molar-refractivity contribution in [3.8, 4) is 45.2 Å². The van der Waals surface area contributed by atoms with Crippen molar-refractivity contribution in [2.75, 3.05) is 0 Å². The molecule has 1 N–H and O–H groups in total. The SMILES string of the molecule is [2H]C([2H])([2H])c1cc(-c2cc(C(=C)C)ccn2)[c-]c(-c2cccc3c2nc(-c2cc(C(C)(C)C)cc(C(C)(C)C)c2O)n3-c2cc(C(C)(C)C)cc(C(C)(C)C)c2)c1.[Pt]. The van der Waals surface area contributed by atoms with Gasteiger partial charge in [0.2, 0.25) is 0 Å². The summed E-state index contributed by atoms with van der Waals surface area (Å²) in [5.41, 5.74) is 10.9. The van der Waals surface area contributed by atoms with Crippen molar-refractivity contribution >= 4 is 16.6 Å². The molecule has 5 heteroatoms. The maximum Gasteiger partial charge on any atom is 0.148 e. The van der Waals surface area contributed by atoms with Crippen LogP contribution in [0.4, 0.5) is 0 Å². The molecule has 4 nitrogen and oxygen atoms in total. The van der Waals surface area contributed by atoms with Gasteiger partial charge in [-0.15, -0.1) is 29.3 Å². The predicted molar refractivity (Wildman–Crippen MR) is 230 cm³/mol. The molecule has 0 spiro atoms. The number of aryl methyl sites for hydroxylation is 1. The second-order valence-electron chi connectivity index (χ2n) is 19.0. The minimum Gasteiger partial charge on any atom is -0.507 e. The van der Waals surface area contributed by atoms with Crippen LogP contribution in [0.2, 0.25) is 0 Å². The number of allylic oxidation sites excluding steroid dienone is 1. The molecule has 6 aromatic rings. The van der Waals surface area contributed by atoms with E-state index in [9.17, 15) is 5.11 Å². The van der Waals surface area contributed by atoms with E-state index in [4.69, 9.17) is 9.10 Å². The van der Waals surface area contributed by atoms with Crippen LogP contribution >= 0.6 is 0 Å². The summed E-state index contributed by atoms with van der Waals surface area (Å²) in [7, 11) is 0. The molecule has 0 aliphatic rings. The van der Waals surface area contributed by atoms with E-state index in [-0.39, 0.29) is 54.0 Å². The fraction of sp³-hybridized carbons (Fsp3) is 0.360. The number of fused-ring (bicyclic) bond motifs is 1. The molecule has 0 aliphatic heterocycles. The van der Waals surface area contributed by atoms with Gasteiger partial charge in [0, 0.05) is 48.3 Å². The van der Waals surface area contributed by atoms with Crippen molar-refractivity contribution in [3.05, 3.63) is 125 Å². The van der Waals surface area contributed by atoms with Gasteiger partial charge in [0.05, 0.1) is 16.6 Å². The Morgan fingerprint density at radius 3 is 1.89 bits per heavy atom. The summed E-state index contributed by atoms with van der Waals surface area (Å²) in [4.78, 5) is 10.1. The van der Waals surface area contributed by atoms with Crippen molar-refractivity contribution in [3.63, 3.8) is 0 Å². The topological polar surface area (TPSA) is 50.9 Å². The van der Waals surface area contributed by atoms with Crippen molar-refractivity contribution in [1.82, 2.24) is 14.5 Å². The van der Waals surface area contributed by atoms with Crippen LogP contribution < -0.4 is 0 Å². The molecule has 0 unspecified atom stereocenters. The van der Waals surface area contributed by atoms with E-state index in [2.05, 4.69) is 142 Å². The number of para-hydroxylation sites is 1. The van der Waals surface area contributed by atoms with Crippen LogP contribution in [0.3, 0.4) is 0 Å². The van der Waals surface area contributed by atoms with Gasteiger partial charge in [0.25, 0.3) is 0 Å². The Labute approximate surface area is 348 Å². The van der Waals surface area contributed by atoms with Crippen molar-refractivity contribution in [2.45, 2.75) is 119 Å². The Hall–Kier alpha value is -4.27. The Morgan fingerprint density at radius 2 is 1.33 bits per heavy atom. The number of phenolic OH excluding ortho intramolecular Hbond substituents is 1. The van der Waals surface area contributed by atoms with E-state index in [1.54, 1.807) is 18.3 Å². The number of imidazole rings is 1. The number of pyridine rings is 1. The molecule has 0 aliphatic carbocycles. The van der Waals surface area contributed by atoms with E-state index >= 15 is 0 Å². The second-order valence-corrected chi connectivity index (χ2v) is 19.0. The zero-order valence-corrected chi connectivity index (χ0v) is 37.1. The van der Waals surface area contributed by atoms with E-state index < -0.39 is 6.85 Å². The van der Waals surface area contributed by atoms with E-state index in [0.29, 0.717) is 33.7 Å². The predicted octanol–water partition coefficient (Wildman–Crippen LogP) is 13.5. The fourth-order valence-electron chi connectivity index (χ4n) is 6.87. The fourth-order valence-corrected chi connectivity index (χ4v) is 6.87. The number of rotatable bonds is 5. The Kier molecular flexibility index (Phi) is 10.0. The molecule has 0 bridgehead atoms. The standard InChI is InChI=1S/C50H58N3O.Pt/c1-30(2)32-19-20-51-42(24-32)34-22-31(3)21-33(23-34)39-17-16-18-43-44(39)52-46(40-28-37(49(10,11)12)29-41(45(40)54)50(13,14)15)53(43)38-26-35(47(4,5)6)25-36(27-38)48(7,8)9;/h16-22,24-29,54H,1H2,2-15H3;/q-1;/i3D3;. The zero-order valence-electron chi connectivity index (χ0n) is 37.8. The molecule has 0 atom stereocenters. The molecule has 0 saturated heterocycles. The molecule has 6 rings (SSSR count).